The van der Waals surface area contributed by atoms with Gasteiger partial charge in [-0.15, -0.1) is 0 Å². The van der Waals surface area contributed by atoms with Gasteiger partial charge < -0.3 is 0 Å². The maximum absolute atomic E-state index is 11.7. The Balaban J connectivity index is 2.78. The highest BCUT2D eigenvalue weighted by Gasteiger charge is 2.30. The molecular weight excluding hydrogens is 200 g/mol. The monoisotopic (exact) mass is 216 g/mol. The zero-order valence-corrected chi connectivity index (χ0v) is 9.26. The van der Waals surface area contributed by atoms with Crippen LogP contribution in [0.25, 0.3) is 0 Å². The van der Waals surface area contributed by atoms with Crippen molar-refractivity contribution in [3.05, 3.63) is 0 Å². The van der Waals surface area contributed by atoms with Crippen LogP contribution in [0.15, 0.2) is 0 Å². The minimum atomic E-state index is -3.32. The molecule has 1 rings (SSSR count). The molecule has 0 spiro atoms. The predicted octanol–water partition coefficient (Wildman–Crippen LogP) is 1.10. The van der Waals surface area contributed by atoms with Crippen LogP contribution in [0.4, 0.5) is 0 Å². The number of sulfonamides is 1. The van der Waals surface area contributed by atoms with Gasteiger partial charge in [0.05, 0.1) is 6.07 Å². The summed E-state index contributed by atoms with van der Waals surface area (Å²) in [6, 6.07) is 1.83. The fourth-order valence-corrected chi connectivity index (χ4v) is 3.36. The molecule has 0 aromatic heterocycles. The van der Waals surface area contributed by atoms with E-state index in [-0.39, 0.29) is 11.8 Å². The Bertz CT molecular complexity index is 318. The van der Waals surface area contributed by atoms with E-state index in [2.05, 4.69) is 0 Å². The molecule has 0 radical (unpaired) electrons. The number of nitriles is 1. The molecule has 4 nitrogen and oxygen atoms in total. The molecular formula is C9H16N2O2S. The second-order valence-corrected chi connectivity index (χ2v) is 5.50. The molecule has 5 heteroatoms. The van der Waals surface area contributed by atoms with E-state index in [0.29, 0.717) is 6.54 Å². The Morgan fingerprint density at radius 1 is 1.50 bits per heavy atom. The highest BCUT2D eigenvalue weighted by Crippen LogP contribution is 2.22. The summed E-state index contributed by atoms with van der Waals surface area (Å²) >= 11 is 0. The molecule has 0 bridgehead atoms. The lowest BCUT2D eigenvalue weighted by atomic mass is 10.0. The van der Waals surface area contributed by atoms with Gasteiger partial charge in [0.2, 0.25) is 10.0 Å². The molecule has 0 N–H and O–H groups in total. The SMILES string of the molecule is CCC1CCCCN1S(=O)(=O)CC#N. The van der Waals surface area contributed by atoms with Crippen LogP contribution in [0.2, 0.25) is 0 Å². The normalized spacial score (nSPS) is 24.4. The lowest BCUT2D eigenvalue weighted by Gasteiger charge is -2.33. The summed E-state index contributed by atoms with van der Waals surface area (Å²) in [7, 11) is -3.32. The second-order valence-electron chi connectivity index (χ2n) is 3.58. The van der Waals surface area contributed by atoms with E-state index in [1.807, 2.05) is 6.92 Å². The number of piperidine rings is 1. The quantitative estimate of drug-likeness (QED) is 0.710. The maximum Gasteiger partial charge on any atom is 0.227 e. The number of rotatable bonds is 3. The summed E-state index contributed by atoms with van der Waals surface area (Å²) in [6.45, 7) is 2.58. The van der Waals surface area contributed by atoms with Gasteiger partial charge in [0.15, 0.2) is 5.75 Å². The van der Waals surface area contributed by atoms with Gasteiger partial charge in [-0.05, 0) is 19.3 Å². The average Bonchev–Trinajstić information content (AvgIpc) is 2.18. The van der Waals surface area contributed by atoms with Gasteiger partial charge in [0, 0.05) is 12.6 Å². The smallest absolute Gasteiger partial charge is 0.211 e. The summed E-state index contributed by atoms with van der Waals surface area (Å²) in [5.74, 6) is -0.385. The van der Waals surface area contributed by atoms with Gasteiger partial charge in [0.25, 0.3) is 0 Å². The van der Waals surface area contributed by atoms with E-state index in [9.17, 15) is 8.42 Å². The summed E-state index contributed by atoms with van der Waals surface area (Å²) in [4.78, 5) is 0. The summed E-state index contributed by atoms with van der Waals surface area (Å²) < 4.78 is 24.8. The first-order chi connectivity index (χ1) is 6.61. The largest absolute Gasteiger partial charge is 0.227 e. The molecule has 14 heavy (non-hydrogen) atoms. The zero-order valence-electron chi connectivity index (χ0n) is 8.44. The summed E-state index contributed by atoms with van der Waals surface area (Å²) in [5, 5.41) is 8.44. The Morgan fingerprint density at radius 3 is 2.79 bits per heavy atom. The van der Waals surface area contributed by atoms with Crippen molar-refractivity contribution in [2.24, 2.45) is 0 Å². The van der Waals surface area contributed by atoms with Gasteiger partial charge in [-0.2, -0.15) is 9.57 Å². The Kier molecular flexibility index (Phi) is 3.90. The Hall–Kier alpha value is -0.600. The molecule has 0 amide bonds. The lowest BCUT2D eigenvalue weighted by Crippen LogP contribution is -2.44. The van der Waals surface area contributed by atoms with E-state index in [4.69, 9.17) is 5.26 Å². The average molecular weight is 216 g/mol. The third-order valence-electron chi connectivity index (χ3n) is 2.65. The molecule has 0 saturated carbocycles. The minimum absolute atomic E-state index is 0.113. The van der Waals surface area contributed by atoms with Crippen LogP contribution in [-0.4, -0.2) is 31.1 Å². The highest BCUT2D eigenvalue weighted by atomic mass is 32.2. The van der Waals surface area contributed by atoms with E-state index in [1.165, 1.54) is 4.31 Å². The fourth-order valence-electron chi connectivity index (χ4n) is 1.91. The van der Waals surface area contributed by atoms with Gasteiger partial charge in [-0.3, -0.25) is 0 Å². The van der Waals surface area contributed by atoms with E-state index >= 15 is 0 Å². The Labute approximate surface area is 85.6 Å². The molecule has 0 aromatic rings. The van der Waals surface area contributed by atoms with E-state index < -0.39 is 10.0 Å². The Morgan fingerprint density at radius 2 is 2.21 bits per heavy atom. The van der Waals surface area contributed by atoms with Crippen molar-refractivity contribution in [1.29, 1.82) is 5.26 Å². The highest BCUT2D eigenvalue weighted by molar-refractivity contribution is 7.89. The predicted molar refractivity (Wildman–Crippen MR) is 54.0 cm³/mol. The molecule has 1 aliphatic rings. The molecule has 1 heterocycles. The van der Waals surface area contributed by atoms with Crippen molar-refractivity contribution in [2.45, 2.75) is 38.6 Å². The van der Waals surface area contributed by atoms with Crippen LogP contribution in [0.3, 0.4) is 0 Å². The second kappa shape index (κ2) is 4.76. The number of hydrogen-bond acceptors (Lipinski definition) is 3. The minimum Gasteiger partial charge on any atom is -0.211 e. The van der Waals surface area contributed by atoms with Crippen LogP contribution in [0.1, 0.15) is 32.6 Å². The van der Waals surface area contributed by atoms with E-state index in [1.54, 1.807) is 6.07 Å². The van der Waals surface area contributed by atoms with Crippen LogP contribution >= 0.6 is 0 Å². The first-order valence-electron chi connectivity index (χ1n) is 4.98. The van der Waals surface area contributed by atoms with Crippen molar-refractivity contribution in [3.8, 4) is 6.07 Å². The third kappa shape index (κ3) is 2.46. The van der Waals surface area contributed by atoms with Crippen LogP contribution in [0.5, 0.6) is 0 Å². The fraction of sp³-hybridized carbons (Fsp3) is 0.889. The van der Waals surface area contributed by atoms with Gasteiger partial charge >= 0.3 is 0 Å². The molecule has 1 fully saturated rings. The standard InChI is InChI=1S/C9H16N2O2S/c1-2-9-5-3-4-7-11(9)14(12,13)8-6-10/h9H,2-5,7-8H2,1H3. The first kappa shape index (κ1) is 11.5. The van der Waals surface area contributed by atoms with Crippen LogP contribution in [-0.2, 0) is 10.0 Å². The van der Waals surface area contributed by atoms with Crippen LogP contribution < -0.4 is 0 Å². The zero-order chi connectivity index (χ0) is 10.6. The molecule has 0 aromatic carbocycles. The van der Waals surface area contributed by atoms with Crippen molar-refractivity contribution in [3.63, 3.8) is 0 Å². The van der Waals surface area contributed by atoms with Crippen molar-refractivity contribution >= 4 is 10.0 Å². The molecule has 1 atom stereocenters. The maximum atomic E-state index is 11.7. The molecule has 80 valence electrons. The van der Waals surface area contributed by atoms with Crippen molar-refractivity contribution in [1.82, 2.24) is 4.31 Å². The van der Waals surface area contributed by atoms with Gasteiger partial charge in [-0.1, -0.05) is 13.3 Å². The third-order valence-corrected chi connectivity index (χ3v) is 4.34. The van der Waals surface area contributed by atoms with E-state index in [0.717, 1.165) is 25.7 Å². The summed E-state index contributed by atoms with van der Waals surface area (Å²) in [6.07, 6.45) is 3.78. The van der Waals surface area contributed by atoms with Gasteiger partial charge in [0.1, 0.15) is 0 Å². The molecule has 0 aliphatic carbocycles. The number of nitrogens with zero attached hydrogens (tertiary/aromatic N) is 2. The molecule has 1 unspecified atom stereocenters. The lowest BCUT2D eigenvalue weighted by molar-refractivity contribution is 0.247. The van der Waals surface area contributed by atoms with Crippen molar-refractivity contribution < 1.29 is 8.42 Å². The number of hydrogen-bond donors (Lipinski definition) is 0. The first-order valence-corrected chi connectivity index (χ1v) is 6.59. The summed E-state index contributed by atoms with van der Waals surface area (Å²) in [5.41, 5.74) is 0. The molecule has 1 aliphatic heterocycles. The van der Waals surface area contributed by atoms with Crippen LogP contribution in [0, 0.1) is 11.3 Å². The molecule has 1 saturated heterocycles. The topological polar surface area (TPSA) is 61.2 Å². The van der Waals surface area contributed by atoms with Gasteiger partial charge in [-0.25, -0.2) is 8.42 Å². The van der Waals surface area contributed by atoms with Crippen molar-refractivity contribution in [2.75, 3.05) is 12.3 Å².